The van der Waals surface area contributed by atoms with Crippen molar-refractivity contribution >= 4 is 35.5 Å². The van der Waals surface area contributed by atoms with Gasteiger partial charge in [-0.05, 0) is 73.8 Å². The van der Waals surface area contributed by atoms with Gasteiger partial charge in [-0.3, -0.25) is 4.57 Å². The Kier molecular flexibility index (Phi) is 6.93. The van der Waals surface area contributed by atoms with Gasteiger partial charge in [0, 0.05) is 29.6 Å². The molecule has 1 heterocycles. The van der Waals surface area contributed by atoms with Crippen LogP contribution in [0.2, 0.25) is 5.02 Å². The summed E-state index contributed by atoms with van der Waals surface area (Å²) in [5, 5.41) is 1.66. The van der Waals surface area contributed by atoms with E-state index in [1.165, 1.54) is 31.5 Å². The summed E-state index contributed by atoms with van der Waals surface area (Å²) in [5.41, 5.74) is 2.93. The normalized spacial score (nSPS) is 14.1. The maximum atomic E-state index is 13.2. The highest BCUT2D eigenvalue weighted by Crippen LogP contribution is 2.30. The van der Waals surface area contributed by atoms with Crippen LogP contribution < -0.4 is 0 Å². The predicted molar refractivity (Wildman–Crippen MR) is 125 cm³/mol. The minimum Gasteiger partial charge on any atom is -0.305 e. The van der Waals surface area contributed by atoms with E-state index in [0.29, 0.717) is 5.02 Å². The number of thioether (sulfide) groups is 1. The molecular formula is C24H25ClFN3S. The van der Waals surface area contributed by atoms with Crippen molar-refractivity contribution in [2.45, 2.75) is 18.0 Å². The molecule has 0 aliphatic heterocycles. The van der Waals surface area contributed by atoms with Crippen molar-refractivity contribution in [1.82, 2.24) is 14.5 Å². The summed E-state index contributed by atoms with van der Waals surface area (Å²) in [6, 6.07) is 14.3. The number of imidazole rings is 1. The average molecular weight is 442 g/mol. The number of rotatable bonds is 9. The Bertz CT molecular complexity index is 994. The molecule has 0 atom stereocenters. The first-order chi connectivity index (χ1) is 14.6. The second-order valence-corrected chi connectivity index (χ2v) is 9.21. The topological polar surface area (TPSA) is 21.1 Å². The van der Waals surface area contributed by atoms with Crippen LogP contribution in [-0.2, 0) is 0 Å². The fraction of sp³-hybridized carbons (Fsp3) is 0.292. The van der Waals surface area contributed by atoms with Gasteiger partial charge in [-0.1, -0.05) is 41.6 Å². The van der Waals surface area contributed by atoms with Gasteiger partial charge in [-0.15, -0.1) is 0 Å². The van der Waals surface area contributed by atoms with Crippen LogP contribution in [0.4, 0.5) is 4.39 Å². The first-order valence-electron chi connectivity index (χ1n) is 10.2. The summed E-state index contributed by atoms with van der Waals surface area (Å²) in [7, 11) is 2.20. The third-order valence-electron chi connectivity index (χ3n) is 5.13. The molecule has 6 heteroatoms. The summed E-state index contributed by atoms with van der Waals surface area (Å²) in [6.45, 7) is 2.23. The Morgan fingerprint density at radius 3 is 2.57 bits per heavy atom. The van der Waals surface area contributed by atoms with Crippen LogP contribution in [0.3, 0.4) is 0 Å². The van der Waals surface area contributed by atoms with Crippen molar-refractivity contribution in [3.63, 3.8) is 0 Å². The molecule has 1 saturated carbocycles. The Morgan fingerprint density at radius 1 is 1.13 bits per heavy atom. The van der Waals surface area contributed by atoms with E-state index < -0.39 is 0 Å². The van der Waals surface area contributed by atoms with E-state index in [1.807, 2.05) is 42.6 Å². The van der Waals surface area contributed by atoms with E-state index in [9.17, 15) is 4.39 Å². The fourth-order valence-corrected chi connectivity index (χ4v) is 4.48. The van der Waals surface area contributed by atoms with Gasteiger partial charge in [0.15, 0.2) is 5.16 Å². The Balaban J connectivity index is 1.53. The molecule has 0 unspecified atom stereocenters. The minimum absolute atomic E-state index is 0.233. The van der Waals surface area contributed by atoms with E-state index in [0.717, 1.165) is 40.3 Å². The van der Waals surface area contributed by atoms with Crippen LogP contribution in [0.5, 0.6) is 0 Å². The van der Waals surface area contributed by atoms with Gasteiger partial charge < -0.3 is 4.90 Å². The predicted octanol–water partition coefficient (Wildman–Crippen LogP) is 6.27. The lowest BCUT2D eigenvalue weighted by Crippen LogP contribution is -2.23. The van der Waals surface area contributed by atoms with Gasteiger partial charge in [-0.2, -0.15) is 0 Å². The molecule has 0 bridgehead atoms. The number of aromatic nitrogens is 2. The number of hydrogen-bond donors (Lipinski definition) is 0. The molecule has 0 saturated heterocycles. The lowest BCUT2D eigenvalue weighted by atomic mass is 10.2. The highest BCUT2D eigenvalue weighted by Gasteiger charge is 2.22. The molecule has 0 N–H and O–H groups in total. The number of halogens is 2. The molecule has 1 aliphatic carbocycles. The maximum Gasteiger partial charge on any atom is 0.173 e. The molecule has 3 aromatic rings. The summed E-state index contributed by atoms with van der Waals surface area (Å²) < 4.78 is 15.3. The second kappa shape index (κ2) is 9.82. The Hall–Kier alpha value is -2.08. The van der Waals surface area contributed by atoms with Crippen LogP contribution in [0.1, 0.15) is 24.1 Å². The van der Waals surface area contributed by atoms with Gasteiger partial charge >= 0.3 is 0 Å². The summed E-state index contributed by atoms with van der Waals surface area (Å²) in [5.74, 6) is 1.65. The van der Waals surface area contributed by atoms with Crippen molar-refractivity contribution in [3.8, 4) is 5.69 Å². The lowest BCUT2D eigenvalue weighted by molar-refractivity contribution is 0.340. The summed E-state index contributed by atoms with van der Waals surface area (Å²) in [4.78, 5) is 7.09. The molecule has 30 heavy (non-hydrogen) atoms. The SMILES string of the molecule is CN(CCSc1ncc(/C=C/c2ccc(F)cc2)n1-c1ccc(Cl)cc1)CC1CC1. The molecule has 3 nitrogen and oxygen atoms in total. The zero-order chi connectivity index (χ0) is 20.9. The van der Waals surface area contributed by atoms with Crippen molar-refractivity contribution in [2.75, 3.05) is 25.9 Å². The fourth-order valence-electron chi connectivity index (χ4n) is 3.30. The van der Waals surface area contributed by atoms with Gasteiger partial charge in [-0.25, -0.2) is 9.37 Å². The summed E-state index contributed by atoms with van der Waals surface area (Å²) in [6.07, 6.45) is 8.62. The standard InChI is InChI=1S/C24H25ClFN3S/c1-28(17-19-2-3-19)14-15-30-24-27-16-23(11-6-18-4-9-21(26)10-5-18)29(24)22-12-7-20(25)8-13-22/h4-13,16,19H,2-3,14-15,17H2,1H3/b11-6+. The molecule has 0 amide bonds. The number of benzene rings is 2. The highest BCUT2D eigenvalue weighted by molar-refractivity contribution is 7.99. The van der Waals surface area contributed by atoms with E-state index >= 15 is 0 Å². The van der Waals surface area contributed by atoms with Crippen LogP contribution in [0, 0.1) is 11.7 Å². The van der Waals surface area contributed by atoms with Gasteiger partial charge in [0.25, 0.3) is 0 Å². The summed E-state index contributed by atoms with van der Waals surface area (Å²) >= 11 is 7.85. The van der Waals surface area contributed by atoms with Crippen LogP contribution in [-0.4, -0.2) is 40.3 Å². The number of hydrogen-bond acceptors (Lipinski definition) is 3. The third-order valence-corrected chi connectivity index (χ3v) is 6.31. The lowest BCUT2D eigenvalue weighted by Gasteiger charge is -2.16. The maximum absolute atomic E-state index is 13.2. The van der Waals surface area contributed by atoms with Gasteiger partial charge in [0.2, 0.25) is 0 Å². The highest BCUT2D eigenvalue weighted by atomic mass is 35.5. The first kappa shape index (κ1) is 21.2. The second-order valence-electron chi connectivity index (χ2n) is 7.72. The zero-order valence-electron chi connectivity index (χ0n) is 17.0. The van der Waals surface area contributed by atoms with Gasteiger partial charge in [0.05, 0.1) is 11.9 Å². The molecule has 1 aliphatic rings. The molecule has 0 spiro atoms. The van der Waals surface area contributed by atoms with Crippen molar-refractivity contribution in [2.24, 2.45) is 5.92 Å². The molecule has 156 valence electrons. The number of nitrogens with zero attached hydrogens (tertiary/aromatic N) is 3. The van der Waals surface area contributed by atoms with Crippen molar-refractivity contribution in [1.29, 1.82) is 0 Å². The van der Waals surface area contributed by atoms with E-state index in [1.54, 1.807) is 23.9 Å². The Morgan fingerprint density at radius 2 is 1.87 bits per heavy atom. The van der Waals surface area contributed by atoms with E-state index in [2.05, 4.69) is 21.5 Å². The van der Waals surface area contributed by atoms with E-state index in [-0.39, 0.29) is 5.82 Å². The zero-order valence-corrected chi connectivity index (χ0v) is 18.5. The van der Waals surface area contributed by atoms with Crippen LogP contribution in [0.15, 0.2) is 59.9 Å². The van der Waals surface area contributed by atoms with Crippen LogP contribution in [0.25, 0.3) is 17.8 Å². The molecule has 0 radical (unpaired) electrons. The smallest absolute Gasteiger partial charge is 0.173 e. The molecule has 1 fully saturated rings. The van der Waals surface area contributed by atoms with Gasteiger partial charge in [0.1, 0.15) is 5.82 Å². The van der Waals surface area contributed by atoms with E-state index in [4.69, 9.17) is 11.6 Å². The van der Waals surface area contributed by atoms with Crippen LogP contribution >= 0.6 is 23.4 Å². The minimum atomic E-state index is -0.233. The Labute approximate surface area is 186 Å². The first-order valence-corrected chi connectivity index (χ1v) is 11.5. The monoisotopic (exact) mass is 441 g/mol. The molecule has 2 aromatic carbocycles. The quantitative estimate of drug-likeness (QED) is 0.365. The molecule has 1 aromatic heterocycles. The largest absolute Gasteiger partial charge is 0.305 e. The average Bonchev–Trinajstić information content (AvgIpc) is 3.46. The molecule has 4 rings (SSSR count). The van der Waals surface area contributed by atoms with Crippen molar-refractivity contribution in [3.05, 3.63) is 76.8 Å². The molecular weight excluding hydrogens is 417 g/mol. The third kappa shape index (κ3) is 5.75. The van der Waals surface area contributed by atoms with Crippen molar-refractivity contribution < 1.29 is 4.39 Å².